The molecule has 5 N–H and O–H groups in total. The van der Waals surface area contributed by atoms with E-state index in [0.29, 0.717) is 6.61 Å². The Kier molecular flexibility index (Phi) is 19.4. The van der Waals surface area contributed by atoms with Crippen LogP contribution in [-0.2, 0) is 13.6 Å². The van der Waals surface area contributed by atoms with Crippen LogP contribution in [0.5, 0.6) is 0 Å². The molecule has 2 unspecified atom stereocenters. The van der Waals surface area contributed by atoms with E-state index in [0.717, 1.165) is 90.3 Å². The number of unbranched alkanes of at least 4 members (excludes halogenated alkanes) is 7. The molecule has 0 spiro atoms. The second kappa shape index (κ2) is 19.4. The van der Waals surface area contributed by atoms with Gasteiger partial charge in [-0.05, 0) is 58.2 Å². The Balaban J connectivity index is 3.95. The summed E-state index contributed by atoms with van der Waals surface area (Å²) < 4.78 is 22.9. The highest BCUT2D eigenvalue weighted by atomic mass is 31.1. The second-order valence-corrected chi connectivity index (χ2v) is 7.23. The summed E-state index contributed by atoms with van der Waals surface area (Å²) in [4.78, 5) is 0. The van der Waals surface area contributed by atoms with Crippen LogP contribution in [0.3, 0.4) is 0 Å². The van der Waals surface area contributed by atoms with Gasteiger partial charge in [0, 0.05) is 0 Å². The van der Waals surface area contributed by atoms with E-state index < -0.39 is 8.25 Å². The molecule has 0 aromatic rings. The maximum atomic E-state index is 11.9. The topological polar surface area (TPSA) is 99.6 Å². The number of hydrogen-bond acceptors (Lipinski definition) is 6. The van der Waals surface area contributed by atoms with E-state index in [1.165, 1.54) is 0 Å². The van der Waals surface area contributed by atoms with Gasteiger partial charge in [0.1, 0.15) is 6.23 Å². The molecule has 0 fully saturated rings. The van der Waals surface area contributed by atoms with Gasteiger partial charge in [-0.1, -0.05) is 39.0 Å². The van der Waals surface area contributed by atoms with Gasteiger partial charge in [0.15, 0.2) is 0 Å². The lowest BCUT2D eigenvalue weighted by Gasteiger charge is -2.19. The molecule has 146 valence electrons. The minimum atomic E-state index is -2.42. The summed E-state index contributed by atoms with van der Waals surface area (Å²) in [6.07, 6.45) is 11.4. The summed E-state index contributed by atoms with van der Waals surface area (Å²) in [5, 5.41) is 3.37. The summed E-state index contributed by atoms with van der Waals surface area (Å²) in [6.45, 7) is 5.00. The average Bonchev–Trinajstić information content (AvgIpc) is 2.58. The van der Waals surface area contributed by atoms with Crippen LogP contribution in [0.1, 0.15) is 77.6 Å². The van der Waals surface area contributed by atoms with E-state index in [9.17, 15) is 4.57 Å². The molecule has 0 radical (unpaired) electrons. The average molecular weight is 365 g/mol. The molecular weight excluding hydrogens is 325 g/mol. The fraction of sp³-hybridized carbons (Fsp3) is 1.00. The van der Waals surface area contributed by atoms with Crippen LogP contribution in [-0.4, -0.2) is 32.5 Å². The summed E-state index contributed by atoms with van der Waals surface area (Å²) in [5.41, 5.74) is 11.0. The van der Waals surface area contributed by atoms with Crippen LogP contribution in [0.4, 0.5) is 0 Å². The van der Waals surface area contributed by atoms with Gasteiger partial charge in [-0.2, -0.15) is 0 Å². The zero-order valence-electron chi connectivity index (χ0n) is 15.6. The minimum absolute atomic E-state index is 0.185. The van der Waals surface area contributed by atoms with Crippen LogP contribution >= 0.6 is 8.25 Å². The van der Waals surface area contributed by atoms with E-state index in [4.69, 9.17) is 20.5 Å². The van der Waals surface area contributed by atoms with Gasteiger partial charge < -0.3 is 16.0 Å². The molecule has 0 bridgehead atoms. The van der Waals surface area contributed by atoms with Crippen LogP contribution in [0.15, 0.2) is 0 Å². The van der Waals surface area contributed by atoms with Gasteiger partial charge >= 0.3 is 8.25 Å². The predicted molar refractivity (Wildman–Crippen MR) is 102 cm³/mol. The van der Waals surface area contributed by atoms with Gasteiger partial charge in [-0.25, -0.2) is 0 Å². The summed E-state index contributed by atoms with van der Waals surface area (Å²) in [7, 11) is -2.42. The first-order valence-electron chi connectivity index (χ1n) is 9.71. The summed E-state index contributed by atoms with van der Waals surface area (Å²) >= 11 is 0. The van der Waals surface area contributed by atoms with Crippen molar-refractivity contribution in [2.75, 3.05) is 26.2 Å². The Bertz CT molecular complexity index is 284. The van der Waals surface area contributed by atoms with Crippen molar-refractivity contribution in [2.45, 2.75) is 83.8 Å². The van der Waals surface area contributed by atoms with E-state index in [1.807, 2.05) is 0 Å². The van der Waals surface area contributed by atoms with Crippen molar-refractivity contribution >= 4 is 8.25 Å². The third-order valence-electron chi connectivity index (χ3n) is 3.88. The van der Waals surface area contributed by atoms with Crippen molar-refractivity contribution in [3.63, 3.8) is 0 Å². The van der Waals surface area contributed by atoms with Crippen molar-refractivity contribution in [2.24, 2.45) is 11.5 Å². The SMILES string of the molecule is CCCCCO[PH](=O)OC(CCCCCN)NCCCCCCN. The molecule has 0 aromatic carbocycles. The molecule has 0 aliphatic rings. The van der Waals surface area contributed by atoms with Crippen molar-refractivity contribution in [1.82, 2.24) is 5.32 Å². The zero-order chi connectivity index (χ0) is 17.9. The lowest BCUT2D eigenvalue weighted by atomic mass is 10.1. The zero-order valence-corrected chi connectivity index (χ0v) is 16.6. The first-order valence-corrected chi connectivity index (χ1v) is 10.9. The van der Waals surface area contributed by atoms with E-state index in [-0.39, 0.29) is 6.23 Å². The van der Waals surface area contributed by atoms with Crippen molar-refractivity contribution in [3.05, 3.63) is 0 Å². The van der Waals surface area contributed by atoms with Gasteiger partial charge in [0.25, 0.3) is 0 Å². The van der Waals surface area contributed by atoms with Crippen LogP contribution in [0.2, 0.25) is 0 Å². The highest BCUT2D eigenvalue weighted by Crippen LogP contribution is 2.27. The molecular formula is C17H40N3O3P. The first kappa shape index (κ1) is 24.0. The lowest BCUT2D eigenvalue weighted by Crippen LogP contribution is -2.31. The van der Waals surface area contributed by atoms with Gasteiger partial charge in [0.2, 0.25) is 0 Å². The summed E-state index contributed by atoms with van der Waals surface area (Å²) in [5.74, 6) is 0. The molecule has 0 aromatic heterocycles. The van der Waals surface area contributed by atoms with Crippen LogP contribution in [0, 0.1) is 0 Å². The molecule has 0 heterocycles. The molecule has 0 saturated heterocycles. The molecule has 0 aliphatic heterocycles. The standard InChI is InChI=1S/C17H40N3O3P/c1-2-3-11-16-22-24(21)23-17(12-7-6-9-14-19)20-15-10-5-4-8-13-18/h17,20,24H,2-16,18-19H2,1H3. The number of rotatable bonds is 19. The number of nitrogens with two attached hydrogens (primary N) is 2. The van der Waals surface area contributed by atoms with E-state index >= 15 is 0 Å². The third-order valence-corrected chi connectivity index (χ3v) is 4.80. The van der Waals surface area contributed by atoms with Crippen LogP contribution < -0.4 is 16.8 Å². The number of hydrogen-bond donors (Lipinski definition) is 3. The van der Waals surface area contributed by atoms with E-state index in [2.05, 4.69) is 12.2 Å². The highest BCUT2D eigenvalue weighted by molar-refractivity contribution is 7.33. The third kappa shape index (κ3) is 16.9. The lowest BCUT2D eigenvalue weighted by molar-refractivity contribution is 0.125. The fourth-order valence-electron chi connectivity index (χ4n) is 2.40. The molecule has 0 aliphatic carbocycles. The first-order chi connectivity index (χ1) is 11.7. The maximum absolute atomic E-state index is 11.9. The normalized spacial score (nSPS) is 14.0. The largest absolute Gasteiger partial charge is 0.330 e. The highest BCUT2D eigenvalue weighted by Gasteiger charge is 2.12. The number of nitrogens with one attached hydrogen (secondary N) is 1. The quantitative estimate of drug-likeness (QED) is 0.184. The predicted octanol–water partition coefficient (Wildman–Crippen LogP) is 3.55. The Morgan fingerprint density at radius 2 is 1.58 bits per heavy atom. The Hall–Kier alpha value is 0.0300. The molecule has 7 heteroatoms. The van der Waals surface area contributed by atoms with E-state index in [1.54, 1.807) is 0 Å². The molecule has 0 rings (SSSR count). The van der Waals surface area contributed by atoms with Gasteiger partial charge in [-0.15, -0.1) is 0 Å². The Morgan fingerprint density at radius 3 is 2.25 bits per heavy atom. The van der Waals surface area contributed by atoms with Crippen LogP contribution in [0.25, 0.3) is 0 Å². The molecule has 24 heavy (non-hydrogen) atoms. The van der Waals surface area contributed by atoms with Crippen molar-refractivity contribution < 1.29 is 13.6 Å². The molecule has 0 saturated carbocycles. The maximum Gasteiger partial charge on any atom is 0.320 e. The summed E-state index contributed by atoms with van der Waals surface area (Å²) in [6, 6.07) is 0. The second-order valence-electron chi connectivity index (χ2n) is 6.21. The van der Waals surface area contributed by atoms with Gasteiger partial charge in [0.05, 0.1) is 6.61 Å². The Morgan fingerprint density at radius 1 is 0.917 bits per heavy atom. The fourth-order valence-corrected chi connectivity index (χ4v) is 3.21. The monoisotopic (exact) mass is 365 g/mol. The minimum Gasteiger partial charge on any atom is -0.330 e. The molecule has 6 nitrogen and oxygen atoms in total. The van der Waals surface area contributed by atoms with Gasteiger partial charge in [-0.3, -0.25) is 14.4 Å². The van der Waals surface area contributed by atoms with Crippen molar-refractivity contribution in [1.29, 1.82) is 0 Å². The molecule has 2 atom stereocenters. The molecule has 0 amide bonds. The Labute approximate surface area is 149 Å². The van der Waals surface area contributed by atoms with Crippen molar-refractivity contribution in [3.8, 4) is 0 Å². The smallest absolute Gasteiger partial charge is 0.320 e.